The van der Waals surface area contributed by atoms with E-state index in [0.717, 1.165) is 49.4 Å². The standard InChI is InChI=1S/C46H43NO10/c1-46(2,3)57-42(48)24-40(43(49)50)47(44(51)54-26-38-34-17-9-5-13-30(34)31-14-6-10-18-35(31)38)25-28-21-22-29(53-4)23-41(28)56-45(52)55-27-39-36-19-11-7-15-32(36)33-16-8-12-20-37(33)39/h5-23,38-40H,24-27H2,1-4H3,(H,49,50)/t40-/m0/s1. The van der Waals surface area contributed by atoms with Gasteiger partial charge in [0.25, 0.3) is 0 Å². The quantitative estimate of drug-likeness (QED) is 0.0744. The molecule has 0 bridgehead atoms. The van der Waals surface area contributed by atoms with Gasteiger partial charge in [-0.15, -0.1) is 0 Å². The van der Waals surface area contributed by atoms with E-state index in [9.17, 15) is 24.3 Å². The summed E-state index contributed by atoms with van der Waals surface area (Å²) in [6.45, 7) is 4.45. The second-order valence-electron chi connectivity index (χ2n) is 14.9. The van der Waals surface area contributed by atoms with Gasteiger partial charge in [-0.1, -0.05) is 97.1 Å². The Balaban J connectivity index is 1.14. The second kappa shape index (κ2) is 16.2. The summed E-state index contributed by atoms with van der Waals surface area (Å²) in [6, 6.07) is 34.4. The Labute approximate surface area is 330 Å². The van der Waals surface area contributed by atoms with Gasteiger partial charge in [0.2, 0.25) is 0 Å². The third kappa shape index (κ3) is 8.33. The molecule has 57 heavy (non-hydrogen) atoms. The Bertz CT molecular complexity index is 2240. The maximum atomic E-state index is 14.2. The number of carboxylic acid groups (broad SMARTS) is 1. The number of carbonyl (C=O) groups excluding carboxylic acids is 3. The van der Waals surface area contributed by atoms with Crippen LogP contribution in [0.4, 0.5) is 9.59 Å². The van der Waals surface area contributed by atoms with Crippen LogP contribution in [0.5, 0.6) is 11.5 Å². The molecule has 0 saturated heterocycles. The summed E-state index contributed by atoms with van der Waals surface area (Å²) in [5.41, 5.74) is 7.48. The maximum Gasteiger partial charge on any atom is 0.513 e. The molecule has 5 aromatic carbocycles. The summed E-state index contributed by atoms with van der Waals surface area (Å²) in [4.78, 5) is 54.5. The fraction of sp³-hybridized carbons (Fsp3) is 0.261. The average molecular weight is 770 g/mol. The van der Waals surface area contributed by atoms with Crippen molar-refractivity contribution in [3.05, 3.63) is 143 Å². The Morgan fingerprint density at radius 2 is 1.16 bits per heavy atom. The normalized spacial score (nSPS) is 13.3. The number of fused-ring (bicyclic) bond motifs is 6. The Hall–Kier alpha value is -6.62. The molecular formula is C46H43NO10. The van der Waals surface area contributed by atoms with Crippen LogP contribution in [0.25, 0.3) is 22.3 Å². The van der Waals surface area contributed by atoms with E-state index in [4.69, 9.17) is 23.7 Å². The highest BCUT2D eigenvalue weighted by molar-refractivity contribution is 5.86. The molecule has 0 radical (unpaired) electrons. The molecule has 0 fully saturated rings. The van der Waals surface area contributed by atoms with E-state index in [2.05, 4.69) is 0 Å². The molecule has 1 amide bonds. The molecule has 2 aliphatic rings. The van der Waals surface area contributed by atoms with Crippen molar-refractivity contribution in [1.29, 1.82) is 0 Å². The van der Waals surface area contributed by atoms with Gasteiger partial charge in [0.1, 0.15) is 36.4 Å². The topological polar surface area (TPSA) is 138 Å². The molecule has 11 heteroatoms. The number of hydrogen-bond acceptors (Lipinski definition) is 9. The lowest BCUT2D eigenvalue weighted by molar-refractivity contribution is -0.160. The molecule has 11 nitrogen and oxygen atoms in total. The third-order valence-corrected chi connectivity index (χ3v) is 10.2. The first-order valence-electron chi connectivity index (χ1n) is 18.7. The minimum atomic E-state index is -1.71. The Morgan fingerprint density at radius 3 is 1.61 bits per heavy atom. The number of benzene rings is 5. The molecule has 7 rings (SSSR count). The number of carbonyl (C=O) groups is 4. The van der Waals surface area contributed by atoms with E-state index >= 15 is 0 Å². The van der Waals surface area contributed by atoms with Gasteiger partial charge >= 0.3 is 24.2 Å². The molecule has 0 spiro atoms. The summed E-state index contributed by atoms with van der Waals surface area (Å²) in [7, 11) is 1.44. The number of aliphatic carboxylic acids is 1. The van der Waals surface area contributed by atoms with Crippen LogP contribution in [0.1, 0.15) is 66.8 Å². The molecule has 0 aromatic heterocycles. The van der Waals surface area contributed by atoms with Gasteiger partial charge in [0, 0.05) is 23.5 Å². The van der Waals surface area contributed by atoms with Crippen molar-refractivity contribution in [2.24, 2.45) is 0 Å². The fourth-order valence-electron chi connectivity index (χ4n) is 7.63. The van der Waals surface area contributed by atoms with E-state index in [-0.39, 0.29) is 36.4 Å². The lowest BCUT2D eigenvalue weighted by Gasteiger charge is -2.30. The zero-order valence-electron chi connectivity index (χ0n) is 32.1. The first-order valence-corrected chi connectivity index (χ1v) is 18.7. The van der Waals surface area contributed by atoms with Crippen LogP contribution in [-0.4, -0.2) is 66.2 Å². The van der Waals surface area contributed by atoms with Crippen LogP contribution in [0.3, 0.4) is 0 Å². The first-order chi connectivity index (χ1) is 27.4. The van der Waals surface area contributed by atoms with Crippen LogP contribution in [0.2, 0.25) is 0 Å². The van der Waals surface area contributed by atoms with Crippen molar-refractivity contribution in [3.8, 4) is 33.8 Å². The lowest BCUT2D eigenvalue weighted by atomic mass is 9.98. The number of nitrogens with zero attached hydrogens (tertiary/aromatic N) is 1. The zero-order chi connectivity index (χ0) is 40.3. The van der Waals surface area contributed by atoms with E-state index in [0.29, 0.717) is 5.75 Å². The summed E-state index contributed by atoms with van der Waals surface area (Å²) in [5.74, 6) is -2.52. The van der Waals surface area contributed by atoms with E-state index < -0.39 is 48.8 Å². The summed E-state index contributed by atoms with van der Waals surface area (Å²) >= 11 is 0. The van der Waals surface area contributed by atoms with Gasteiger partial charge in [-0.3, -0.25) is 9.69 Å². The number of hydrogen-bond donors (Lipinski definition) is 1. The van der Waals surface area contributed by atoms with E-state index in [1.54, 1.807) is 32.9 Å². The van der Waals surface area contributed by atoms with Crippen molar-refractivity contribution in [1.82, 2.24) is 4.90 Å². The number of rotatable bonds is 12. The van der Waals surface area contributed by atoms with Gasteiger partial charge in [-0.25, -0.2) is 14.4 Å². The number of esters is 1. The van der Waals surface area contributed by atoms with Gasteiger partial charge in [0.15, 0.2) is 0 Å². The molecule has 0 unspecified atom stereocenters. The number of methoxy groups -OCH3 is 1. The second-order valence-corrected chi connectivity index (χ2v) is 14.9. The molecule has 5 aromatic rings. The Kier molecular flexibility index (Phi) is 11.0. The number of carboxylic acids is 1. The largest absolute Gasteiger partial charge is 0.513 e. The number of ether oxygens (including phenoxy) is 5. The van der Waals surface area contributed by atoms with Crippen LogP contribution in [-0.2, 0) is 30.3 Å². The minimum absolute atomic E-state index is 0.00495. The average Bonchev–Trinajstić information content (AvgIpc) is 3.69. The van der Waals surface area contributed by atoms with Gasteiger partial charge in [-0.2, -0.15) is 0 Å². The molecule has 0 saturated carbocycles. The van der Waals surface area contributed by atoms with Crippen molar-refractivity contribution in [2.45, 2.75) is 57.2 Å². The van der Waals surface area contributed by atoms with Gasteiger partial charge < -0.3 is 28.8 Å². The molecule has 1 N–H and O–H groups in total. The summed E-state index contributed by atoms with van der Waals surface area (Å²) in [6.07, 6.45) is -2.67. The fourth-order valence-corrected chi connectivity index (χ4v) is 7.63. The maximum absolute atomic E-state index is 14.2. The molecule has 2 aliphatic carbocycles. The summed E-state index contributed by atoms with van der Waals surface area (Å²) in [5, 5.41) is 10.5. The lowest BCUT2D eigenvalue weighted by Crippen LogP contribution is -2.47. The van der Waals surface area contributed by atoms with Gasteiger partial charge in [0.05, 0.1) is 20.1 Å². The smallest absolute Gasteiger partial charge is 0.497 e. The predicted molar refractivity (Wildman–Crippen MR) is 211 cm³/mol. The molecule has 292 valence electrons. The van der Waals surface area contributed by atoms with Crippen molar-refractivity contribution in [3.63, 3.8) is 0 Å². The molecule has 0 heterocycles. The SMILES string of the molecule is COc1ccc(CN(C(=O)OCC2c3ccccc3-c3ccccc32)[C@@H](CC(=O)OC(C)(C)C)C(=O)O)c(OC(=O)OCC2c3ccccc3-c3ccccc32)c1. The molecular weight excluding hydrogens is 727 g/mol. The summed E-state index contributed by atoms with van der Waals surface area (Å²) < 4.78 is 28.2. The van der Waals surface area contributed by atoms with E-state index in [1.165, 1.54) is 13.2 Å². The highest BCUT2D eigenvalue weighted by Gasteiger charge is 2.37. The first kappa shape index (κ1) is 38.6. The third-order valence-electron chi connectivity index (χ3n) is 10.2. The molecule has 1 atom stereocenters. The van der Waals surface area contributed by atoms with Crippen LogP contribution >= 0.6 is 0 Å². The minimum Gasteiger partial charge on any atom is -0.497 e. The monoisotopic (exact) mass is 769 g/mol. The highest BCUT2D eigenvalue weighted by atomic mass is 16.7. The highest BCUT2D eigenvalue weighted by Crippen LogP contribution is 2.46. The van der Waals surface area contributed by atoms with Crippen LogP contribution in [0.15, 0.2) is 115 Å². The Morgan fingerprint density at radius 1 is 0.684 bits per heavy atom. The number of amides is 1. The van der Waals surface area contributed by atoms with Crippen molar-refractivity contribution in [2.75, 3.05) is 20.3 Å². The predicted octanol–water partition coefficient (Wildman–Crippen LogP) is 8.96. The van der Waals surface area contributed by atoms with Crippen molar-refractivity contribution < 1.29 is 48.0 Å². The van der Waals surface area contributed by atoms with Crippen LogP contribution in [0, 0.1) is 0 Å². The van der Waals surface area contributed by atoms with Crippen molar-refractivity contribution >= 4 is 24.2 Å². The van der Waals surface area contributed by atoms with E-state index in [1.807, 2.05) is 97.1 Å². The molecule has 0 aliphatic heterocycles. The van der Waals surface area contributed by atoms with Crippen LogP contribution < -0.4 is 9.47 Å². The zero-order valence-corrected chi connectivity index (χ0v) is 32.1. The van der Waals surface area contributed by atoms with Gasteiger partial charge in [-0.05, 0) is 77.4 Å².